The molecule has 1 spiro atoms. The van der Waals surface area contributed by atoms with Crippen molar-refractivity contribution in [3.8, 4) is 5.75 Å². The number of nitrogens with two attached hydrogens (primary N) is 2. The molecule has 8 nitrogen and oxygen atoms in total. The Hall–Kier alpha value is -2.48. The number of nitrogens with zero attached hydrogens (tertiary/aromatic N) is 3. The number of carbonyl (C=O) groups excluding carboxylic acids is 1. The van der Waals surface area contributed by atoms with Gasteiger partial charge in [0.2, 0.25) is 0 Å². The highest BCUT2D eigenvalue weighted by molar-refractivity contribution is 5.69. The first-order valence-electron chi connectivity index (χ1n) is 10.7. The summed E-state index contributed by atoms with van der Waals surface area (Å²) in [5.41, 5.74) is 8.35. The number of likely N-dealkylation sites (N-methyl/N-ethyl adjacent to an activating group) is 1. The van der Waals surface area contributed by atoms with Crippen molar-refractivity contribution in [3.63, 3.8) is 0 Å². The molecule has 8 heteroatoms. The average Bonchev–Trinajstić information content (AvgIpc) is 2.61. The smallest absolute Gasteiger partial charge is 0.410 e. The molecular weight excluding hydrogens is 382 g/mol. The molecule has 0 aliphatic heterocycles. The van der Waals surface area contributed by atoms with E-state index in [0.717, 1.165) is 12.8 Å². The van der Waals surface area contributed by atoms with E-state index in [1.807, 2.05) is 0 Å². The van der Waals surface area contributed by atoms with Crippen LogP contribution in [0.5, 0.6) is 5.75 Å². The molecule has 3 rings (SSSR count). The minimum absolute atomic E-state index is 0.0541. The minimum Gasteiger partial charge on any atom is -0.506 e. The second kappa shape index (κ2) is 10.0. The SMILES string of the molecule is CCC.Cc1nc(/C(N)=C(\COC(=O)N(C)C2CC3(CCC3)C2)N(C)N)ccc1O. The second-order valence-electron chi connectivity index (χ2n) is 8.56. The van der Waals surface area contributed by atoms with E-state index in [2.05, 4.69) is 18.8 Å². The van der Waals surface area contributed by atoms with Crippen molar-refractivity contribution in [1.82, 2.24) is 14.9 Å². The Morgan fingerprint density at radius 1 is 1.30 bits per heavy atom. The van der Waals surface area contributed by atoms with Gasteiger partial charge in [-0.25, -0.2) is 15.6 Å². The number of amides is 1. The van der Waals surface area contributed by atoms with Gasteiger partial charge in [0, 0.05) is 20.1 Å². The van der Waals surface area contributed by atoms with Gasteiger partial charge in [-0.05, 0) is 50.2 Å². The Morgan fingerprint density at radius 2 is 1.90 bits per heavy atom. The van der Waals surface area contributed by atoms with Crippen molar-refractivity contribution < 1.29 is 14.6 Å². The maximum absolute atomic E-state index is 12.4. The van der Waals surface area contributed by atoms with Crippen LogP contribution in [0.15, 0.2) is 17.8 Å². The number of aromatic hydroxyl groups is 1. The van der Waals surface area contributed by atoms with Crippen LogP contribution >= 0.6 is 0 Å². The number of rotatable bonds is 5. The third kappa shape index (κ3) is 5.36. The maximum atomic E-state index is 12.4. The van der Waals surface area contributed by atoms with Gasteiger partial charge in [0.05, 0.1) is 22.8 Å². The molecule has 1 heterocycles. The molecule has 1 aromatic heterocycles. The molecule has 30 heavy (non-hydrogen) atoms. The summed E-state index contributed by atoms with van der Waals surface area (Å²) in [6.45, 7) is 5.88. The first kappa shape index (κ1) is 23.8. The number of hydrogen-bond donors (Lipinski definition) is 3. The van der Waals surface area contributed by atoms with Gasteiger partial charge in [-0.1, -0.05) is 26.7 Å². The molecule has 1 amide bonds. The molecular formula is C22H37N5O3. The molecule has 0 aromatic carbocycles. The van der Waals surface area contributed by atoms with Crippen molar-refractivity contribution in [2.24, 2.45) is 17.0 Å². The number of aromatic nitrogens is 1. The van der Waals surface area contributed by atoms with Crippen molar-refractivity contribution in [2.75, 3.05) is 20.7 Å². The van der Waals surface area contributed by atoms with Crippen LogP contribution in [0.4, 0.5) is 4.79 Å². The molecule has 2 fully saturated rings. The van der Waals surface area contributed by atoms with Crippen molar-refractivity contribution in [1.29, 1.82) is 0 Å². The van der Waals surface area contributed by atoms with E-state index in [1.54, 1.807) is 32.0 Å². The predicted octanol–water partition coefficient (Wildman–Crippen LogP) is 3.35. The summed E-state index contributed by atoms with van der Waals surface area (Å²) in [6.07, 6.45) is 6.88. The van der Waals surface area contributed by atoms with Crippen LogP contribution in [0.25, 0.3) is 5.70 Å². The summed E-state index contributed by atoms with van der Waals surface area (Å²) in [6, 6.07) is 3.37. The monoisotopic (exact) mass is 419 g/mol. The normalized spacial score (nSPS) is 17.7. The van der Waals surface area contributed by atoms with Crippen LogP contribution in [-0.4, -0.2) is 52.8 Å². The highest BCUT2D eigenvalue weighted by Gasteiger charge is 2.50. The van der Waals surface area contributed by atoms with E-state index >= 15 is 0 Å². The molecule has 1 aromatic rings. The quantitative estimate of drug-likeness (QED) is 0.495. The van der Waals surface area contributed by atoms with Crippen molar-refractivity contribution >= 4 is 11.8 Å². The van der Waals surface area contributed by atoms with Crippen LogP contribution in [0.1, 0.15) is 63.8 Å². The van der Waals surface area contributed by atoms with Gasteiger partial charge in [-0.15, -0.1) is 0 Å². The molecule has 0 radical (unpaired) electrons. The van der Waals surface area contributed by atoms with Gasteiger partial charge in [0.25, 0.3) is 0 Å². The van der Waals surface area contributed by atoms with Gasteiger partial charge in [-0.2, -0.15) is 0 Å². The Balaban J connectivity index is 0.00000101. The fraction of sp³-hybridized carbons (Fsp3) is 0.636. The van der Waals surface area contributed by atoms with E-state index in [9.17, 15) is 9.90 Å². The zero-order chi connectivity index (χ0) is 22.5. The Morgan fingerprint density at radius 3 is 2.37 bits per heavy atom. The van der Waals surface area contributed by atoms with Gasteiger partial charge in [0.1, 0.15) is 12.4 Å². The fourth-order valence-electron chi connectivity index (χ4n) is 3.90. The highest BCUT2D eigenvalue weighted by Crippen LogP contribution is 2.57. The third-order valence-electron chi connectivity index (χ3n) is 5.99. The third-order valence-corrected chi connectivity index (χ3v) is 5.99. The van der Waals surface area contributed by atoms with Crippen LogP contribution in [0.2, 0.25) is 0 Å². The van der Waals surface area contributed by atoms with Crippen LogP contribution in [0, 0.1) is 12.3 Å². The number of carbonyl (C=O) groups is 1. The maximum Gasteiger partial charge on any atom is 0.410 e. The predicted molar refractivity (Wildman–Crippen MR) is 118 cm³/mol. The first-order valence-corrected chi connectivity index (χ1v) is 10.7. The zero-order valence-corrected chi connectivity index (χ0v) is 18.9. The second-order valence-corrected chi connectivity index (χ2v) is 8.56. The summed E-state index contributed by atoms with van der Waals surface area (Å²) in [4.78, 5) is 18.3. The highest BCUT2D eigenvalue weighted by atomic mass is 16.6. The average molecular weight is 420 g/mol. The minimum atomic E-state index is -0.379. The molecule has 0 bridgehead atoms. The van der Waals surface area contributed by atoms with E-state index in [-0.39, 0.29) is 24.5 Å². The molecule has 0 saturated heterocycles. The molecule has 0 atom stereocenters. The van der Waals surface area contributed by atoms with E-state index < -0.39 is 0 Å². The summed E-state index contributed by atoms with van der Waals surface area (Å²) < 4.78 is 5.45. The van der Waals surface area contributed by atoms with Crippen LogP contribution in [0.3, 0.4) is 0 Å². The molecule has 168 valence electrons. The first-order chi connectivity index (χ1) is 14.1. The number of ether oxygens (including phenoxy) is 1. The van der Waals surface area contributed by atoms with Gasteiger partial charge in [0.15, 0.2) is 0 Å². The van der Waals surface area contributed by atoms with Gasteiger partial charge >= 0.3 is 6.09 Å². The molecule has 5 N–H and O–H groups in total. The Bertz CT molecular complexity index is 766. The summed E-state index contributed by atoms with van der Waals surface area (Å²) in [5, 5.41) is 10.9. The number of pyridine rings is 1. The van der Waals surface area contributed by atoms with E-state index in [1.165, 1.54) is 36.8 Å². The van der Waals surface area contributed by atoms with E-state index in [0.29, 0.717) is 28.2 Å². The molecule has 0 unspecified atom stereocenters. The molecule has 2 saturated carbocycles. The standard InChI is InChI=1S/C19H29N5O3.C3H8/c1-12-16(25)6-5-14(22-12)17(20)15(24(3)21)11-27-18(26)23(2)13-9-19(10-13)7-4-8-19;1-3-2/h5-6,13,25H,4,7-11,20-21H2,1-3H3;3H2,1-2H3/b17-15-;. The number of hydrogen-bond acceptors (Lipinski definition) is 7. The topological polar surface area (TPSA) is 118 Å². The lowest BCUT2D eigenvalue weighted by molar-refractivity contribution is -0.0432. The fourth-order valence-corrected chi connectivity index (χ4v) is 3.90. The van der Waals surface area contributed by atoms with Gasteiger partial charge < -0.3 is 25.5 Å². The lowest BCUT2D eigenvalue weighted by Crippen LogP contribution is -2.54. The van der Waals surface area contributed by atoms with Crippen molar-refractivity contribution in [2.45, 2.75) is 65.3 Å². The van der Waals surface area contributed by atoms with Crippen molar-refractivity contribution in [3.05, 3.63) is 29.2 Å². The number of aryl methyl sites for hydroxylation is 1. The number of hydrazine groups is 1. The summed E-state index contributed by atoms with van der Waals surface area (Å²) in [5.74, 6) is 5.97. The molecule has 2 aliphatic carbocycles. The van der Waals surface area contributed by atoms with Crippen LogP contribution < -0.4 is 11.6 Å². The lowest BCUT2D eigenvalue weighted by Gasteiger charge is -2.56. The zero-order valence-electron chi connectivity index (χ0n) is 18.9. The van der Waals surface area contributed by atoms with Gasteiger partial charge in [-0.3, -0.25) is 0 Å². The largest absolute Gasteiger partial charge is 0.506 e. The van der Waals surface area contributed by atoms with E-state index in [4.69, 9.17) is 16.3 Å². The Kier molecular flexibility index (Phi) is 7.95. The van der Waals surface area contributed by atoms with Crippen LogP contribution in [-0.2, 0) is 4.74 Å². The Labute approximate surface area is 179 Å². The summed E-state index contributed by atoms with van der Waals surface area (Å²) in [7, 11) is 3.40. The molecule has 2 aliphatic rings. The summed E-state index contributed by atoms with van der Waals surface area (Å²) >= 11 is 0. The lowest BCUT2D eigenvalue weighted by atomic mass is 9.54.